The van der Waals surface area contributed by atoms with Crippen molar-refractivity contribution in [3.8, 4) is 0 Å². The molecule has 2 aromatic rings. The fourth-order valence-corrected chi connectivity index (χ4v) is 4.83. The Morgan fingerprint density at radius 1 is 0.929 bits per heavy atom. The highest BCUT2D eigenvalue weighted by atomic mass is 35.5. The van der Waals surface area contributed by atoms with E-state index in [0.29, 0.717) is 44.0 Å². The highest BCUT2D eigenvalue weighted by Crippen LogP contribution is 2.20. The lowest BCUT2D eigenvalue weighted by atomic mass is 10.1. The van der Waals surface area contributed by atoms with Crippen molar-refractivity contribution in [2.75, 3.05) is 26.2 Å². The van der Waals surface area contributed by atoms with Gasteiger partial charge in [0.1, 0.15) is 0 Å². The second-order valence-corrected chi connectivity index (χ2v) is 9.28. The monoisotopic (exact) mass is 420 g/mol. The number of rotatable bonds is 6. The number of hydrogen-bond donors (Lipinski definition) is 0. The summed E-state index contributed by atoms with van der Waals surface area (Å²) in [6.45, 7) is 3.57. The second kappa shape index (κ2) is 9.07. The third-order valence-corrected chi connectivity index (χ3v) is 7.27. The van der Waals surface area contributed by atoms with E-state index in [2.05, 4.69) is 31.2 Å². The normalized spacial score (nSPS) is 15.6. The number of carbonyl (C=O) groups excluding carboxylic acids is 1. The Bertz CT molecular complexity index is 904. The molecule has 0 N–H and O–H groups in total. The van der Waals surface area contributed by atoms with E-state index in [9.17, 15) is 13.2 Å². The number of nitrogens with zero attached hydrogens (tertiary/aromatic N) is 2. The van der Waals surface area contributed by atoms with Crippen molar-refractivity contribution in [2.24, 2.45) is 0 Å². The maximum absolute atomic E-state index is 12.7. The zero-order valence-corrected chi connectivity index (χ0v) is 17.5. The molecule has 1 aliphatic rings. The van der Waals surface area contributed by atoms with Crippen LogP contribution in [0.15, 0.2) is 53.4 Å². The maximum Gasteiger partial charge on any atom is 0.243 e. The fourth-order valence-electron chi connectivity index (χ4n) is 3.28. The van der Waals surface area contributed by atoms with Crippen molar-refractivity contribution >= 4 is 27.5 Å². The lowest BCUT2D eigenvalue weighted by molar-refractivity contribution is -0.132. The molecular formula is C21H25ClN2O3S. The van der Waals surface area contributed by atoms with E-state index >= 15 is 0 Å². The maximum atomic E-state index is 12.7. The van der Waals surface area contributed by atoms with Crippen molar-refractivity contribution in [1.29, 1.82) is 0 Å². The van der Waals surface area contributed by atoms with Gasteiger partial charge >= 0.3 is 0 Å². The van der Waals surface area contributed by atoms with E-state index in [1.54, 1.807) is 17.0 Å². The third-order valence-electron chi connectivity index (χ3n) is 5.10. The summed E-state index contributed by atoms with van der Waals surface area (Å²) in [5, 5.41) is 0.499. The molecule has 0 atom stereocenters. The average Bonchev–Trinajstić information content (AvgIpc) is 2.73. The van der Waals surface area contributed by atoms with Gasteiger partial charge in [-0.3, -0.25) is 4.79 Å². The van der Waals surface area contributed by atoms with Gasteiger partial charge in [-0.15, -0.1) is 0 Å². The number of benzene rings is 2. The van der Waals surface area contributed by atoms with Gasteiger partial charge in [0.05, 0.1) is 4.90 Å². The molecule has 0 bridgehead atoms. The van der Waals surface area contributed by atoms with Crippen LogP contribution < -0.4 is 0 Å². The molecular weight excluding hydrogens is 396 g/mol. The van der Waals surface area contributed by atoms with Gasteiger partial charge < -0.3 is 4.90 Å². The van der Waals surface area contributed by atoms with E-state index in [1.165, 1.54) is 22.0 Å². The summed E-state index contributed by atoms with van der Waals surface area (Å²) >= 11 is 5.84. The van der Waals surface area contributed by atoms with E-state index in [-0.39, 0.29) is 10.8 Å². The van der Waals surface area contributed by atoms with Crippen molar-refractivity contribution in [3.05, 3.63) is 64.7 Å². The van der Waals surface area contributed by atoms with Crippen LogP contribution in [-0.2, 0) is 27.7 Å². The van der Waals surface area contributed by atoms with Gasteiger partial charge in [-0.2, -0.15) is 4.31 Å². The summed E-state index contributed by atoms with van der Waals surface area (Å²) in [6, 6.07) is 14.5. The summed E-state index contributed by atoms with van der Waals surface area (Å²) in [5.41, 5.74) is 2.43. The average molecular weight is 421 g/mol. The smallest absolute Gasteiger partial charge is 0.243 e. The van der Waals surface area contributed by atoms with E-state index in [0.717, 1.165) is 12.0 Å². The Morgan fingerprint density at radius 2 is 1.50 bits per heavy atom. The Kier molecular flexibility index (Phi) is 6.75. The number of piperazine rings is 1. The number of sulfonamides is 1. The molecule has 0 aromatic heterocycles. The predicted molar refractivity (Wildman–Crippen MR) is 111 cm³/mol. The first-order valence-corrected chi connectivity index (χ1v) is 11.3. The number of halogens is 1. The molecule has 1 fully saturated rings. The molecule has 0 saturated carbocycles. The molecule has 1 aliphatic heterocycles. The predicted octanol–water partition coefficient (Wildman–Crippen LogP) is 3.37. The number of hydrogen-bond acceptors (Lipinski definition) is 3. The molecule has 5 nitrogen and oxygen atoms in total. The van der Waals surface area contributed by atoms with Crippen molar-refractivity contribution in [3.63, 3.8) is 0 Å². The quantitative estimate of drug-likeness (QED) is 0.719. The summed E-state index contributed by atoms with van der Waals surface area (Å²) in [5.74, 6) is 0.0723. The zero-order valence-electron chi connectivity index (χ0n) is 16.0. The van der Waals surface area contributed by atoms with Gasteiger partial charge in [0.2, 0.25) is 15.9 Å². The van der Waals surface area contributed by atoms with Crippen LogP contribution >= 0.6 is 11.6 Å². The molecule has 28 heavy (non-hydrogen) atoms. The number of aryl methyl sites for hydroxylation is 2. The summed E-state index contributed by atoms with van der Waals surface area (Å²) in [7, 11) is -3.55. The van der Waals surface area contributed by atoms with E-state index < -0.39 is 10.0 Å². The summed E-state index contributed by atoms with van der Waals surface area (Å²) in [4.78, 5) is 14.5. The van der Waals surface area contributed by atoms with Gasteiger partial charge in [-0.1, -0.05) is 42.8 Å². The van der Waals surface area contributed by atoms with E-state index in [4.69, 9.17) is 11.6 Å². The Morgan fingerprint density at radius 3 is 2.07 bits per heavy atom. The van der Waals surface area contributed by atoms with Crippen LogP contribution in [0.25, 0.3) is 0 Å². The number of carbonyl (C=O) groups is 1. The van der Waals surface area contributed by atoms with Crippen LogP contribution in [0.2, 0.25) is 5.02 Å². The number of amides is 1. The summed E-state index contributed by atoms with van der Waals surface area (Å²) < 4.78 is 26.9. The van der Waals surface area contributed by atoms with Crippen LogP contribution in [-0.4, -0.2) is 49.7 Å². The second-order valence-electron chi connectivity index (χ2n) is 6.91. The van der Waals surface area contributed by atoms with Crippen LogP contribution in [0.5, 0.6) is 0 Å². The van der Waals surface area contributed by atoms with Crippen LogP contribution in [0.4, 0.5) is 0 Å². The van der Waals surface area contributed by atoms with Gasteiger partial charge in [-0.05, 0) is 48.2 Å². The first-order chi connectivity index (χ1) is 13.4. The molecule has 1 heterocycles. The first-order valence-electron chi connectivity index (χ1n) is 9.51. The zero-order chi connectivity index (χ0) is 20.1. The molecule has 0 spiro atoms. The first kappa shape index (κ1) is 20.8. The minimum Gasteiger partial charge on any atom is -0.340 e. The Labute approximate surface area is 172 Å². The summed E-state index contributed by atoms with van der Waals surface area (Å²) in [6.07, 6.45) is 2.14. The largest absolute Gasteiger partial charge is 0.340 e. The lowest BCUT2D eigenvalue weighted by Crippen LogP contribution is -2.50. The minimum atomic E-state index is -3.55. The third kappa shape index (κ3) is 4.93. The van der Waals surface area contributed by atoms with Crippen LogP contribution in [0.3, 0.4) is 0 Å². The standard InChI is InChI=1S/C21H25ClN2O3S/c1-2-17-3-5-18(6-4-17)7-12-21(25)23-13-15-24(16-14-23)28(26,27)20-10-8-19(22)9-11-20/h3-6,8-11H,2,7,12-16H2,1H3. The minimum absolute atomic E-state index is 0.0723. The topological polar surface area (TPSA) is 57.7 Å². The van der Waals surface area contributed by atoms with Crippen molar-refractivity contribution < 1.29 is 13.2 Å². The molecule has 7 heteroatoms. The molecule has 1 saturated heterocycles. The molecule has 150 valence electrons. The van der Waals surface area contributed by atoms with Crippen molar-refractivity contribution in [2.45, 2.75) is 31.1 Å². The highest BCUT2D eigenvalue weighted by Gasteiger charge is 2.29. The molecule has 1 amide bonds. The van der Waals surface area contributed by atoms with E-state index in [1.807, 2.05) is 0 Å². The molecule has 0 radical (unpaired) electrons. The fraction of sp³-hybridized carbons (Fsp3) is 0.381. The SMILES string of the molecule is CCc1ccc(CCC(=O)N2CCN(S(=O)(=O)c3ccc(Cl)cc3)CC2)cc1. The van der Waals surface area contributed by atoms with Crippen LogP contribution in [0.1, 0.15) is 24.5 Å². The Hall–Kier alpha value is -1.89. The van der Waals surface area contributed by atoms with Gasteiger partial charge in [0, 0.05) is 37.6 Å². The van der Waals surface area contributed by atoms with Gasteiger partial charge in [0.15, 0.2) is 0 Å². The lowest BCUT2D eigenvalue weighted by Gasteiger charge is -2.34. The molecule has 2 aromatic carbocycles. The van der Waals surface area contributed by atoms with Crippen LogP contribution in [0, 0.1) is 0 Å². The Balaban J connectivity index is 1.52. The van der Waals surface area contributed by atoms with Gasteiger partial charge in [-0.25, -0.2) is 8.42 Å². The highest BCUT2D eigenvalue weighted by molar-refractivity contribution is 7.89. The molecule has 3 rings (SSSR count). The molecule has 0 aliphatic carbocycles. The molecule has 0 unspecified atom stereocenters. The van der Waals surface area contributed by atoms with Gasteiger partial charge in [0.25, 0.3) is 0 Å². The van der Waals surface area contributed by atoms with Crippen molar-refractivity contribution in [1.82, 2.24) is 9.21 Å².